The number of carbonyl (C=O) groups excluding carboxylic acids is 3. The van der Waals surface area contributed by atoms with E-state index in [0.29, 0.717) is 16.9 Å². The topological polar surface area (TPSA) is 131 Å². The van der Waals surface area contributed by atoms with Crippen LogP contribution < -0.4 is 15.6 Å². The third kappa shape index (κ3) is 5.02. The van der Waals surface area contributed by atoms with Crippen LogP contribution in [-0.2, 0) is 9.59 Å². The van der Waals surface area contributed by atoms with E-state index in [1.165, 1.54) is 17.0 Å². The number of hydrogen-bond acceptors (Lipinski definition) is 5. The molecule has 0 saturated carbocycles. The number of carbonyl (C=O) groups is 3. The van der Waals surface area contributed by atoms with Gasteiger partial charge in [-0.2, -0.15) is 5.10 Å². The third-order valence-corrected chi connectivity index (χ3v) is 5.52. The molecule has 0 radical (unpaired) electrons. The molecule has 0 aromatic heterocycles. The number of benzene rings is 3. The van der Waals surface area contributed by atoms with Gasteiger partial charge in [-0.1, -0.05) is 41.9 Å². The molecular formula is C24H19ClN5O5+. The lowest BCUT2D eigenvalue weighted by molar-refractivity contribution is -0.729. The summed E-state index contributed by atoms with van der Waals surface area (Å²) in [7, 11) is 0. The molecule has 11 heteroatoms. The Morgan fingerprint density at radius 3 is 2.60 bits per heavy atom. The van der Waals surface area contributed by atoms with E-state index >= 15 is 0 Å². The molecule has 4 rings (SSSR count). The number of aryl methyl sites for hydroxylation is 1. The minimum absolute atomic E-state index is 0.0147. The van der Waals surface area contributed by atoms with Crippen LogP contribution in [0.5, 0.6) is 0 Å². The summed E-state index contributed by atoms with van der Waals surface area (Å²) in [5.41, 5.74) is 4.32. The second-order valence-electron chi connectivity index (χ2n) is 7.66. The van der Waals surface area contributed by atoms with Crippen LogP contribution in [-0.4, -0.2) is 40.1 Å². The molecule has 3 aromatic carbocycles. The predicted molar refractivity (Wildman–Crippen MR) is 129 cm³/mol. The molecule has 0 atom stereocenters. The van der Waals surface area contributed by atoms with Gasteiger partial charge in [0.25, 0.3) is 16.7 Å². The maximum atomic E-state index is 13.1. The molecule has 0 fully saturated rings. The Balaban J connectivity index is 1.55. The van der Waals surface area contributed by atoms with Crippen molar-refractivity contribution in [2.45, 2.75) is 6.92 Å². The summed E-state index contributed by atoms with van der Waals surface area (Å²) in [6, 6.07) is 17.6. The molecule has 176 valence electrons. The van der Waals surface area contributed by atoms with Crippen LogP contribution in [0.1, 0.15) is 21.5 Å². The van der Waals surface area contributed by atoms with Crippen molar-refractivity contribution in [3.63, 3.8) is 0 Å². The van der Waals surface area contributed by atoms with Gasteiger partial charge in [-0.3, -0.25) is 19.3 Å². The summed E-state index contributed by atoms with van der Waals surface area (Å²) < 4.78 is 0. The molecule has 3 N–H and O–H groups in total. The van der Waals surface area contributed by atoms with Crippen LogP contribution in [0.2, 0.25) is 5.02 Å². The lowest BCUT2D eigenvalue weighted by Crippen LogP contribution is -2.38. The summed E-state index contributed by atoms with van der Waals surface area (Å²) in [4.78, 5) is 50.3. The van der Waals surface area contributed by atoms with Crippen LogP contribution in [0.4, 0.5) is 17.1 Å². The number of nitrogens with one attached hydrogen (secondary N) is 2. The maximum absolute atomic E-state index is 13.1. The highest BCUT2D eigenvalue weighted by atomic mass is 35.5. The first kappa shape index (κ1) is 23.6. The van der Waals surface area contributed by atoms with Gasteiger partial charge in [-0.25, -0.2) is 10.6 Å². The van der Waals surface area contributed by atoms with Gasteiger partial charge in [-0.05, 0) is 36.8 Å². The van der Waals surface area contributed by atoms with E-state index in [1.807, 2.05) is 25.1 Å². The lowest BCUT2D eigenvalue weighted by Gasteiger charge is -2.16. The zero-order chi connectivity index (χ0) is 25.1. The quantitative estimate of drug-likeness (QED) is 0.453. The SMILES string of the molecule is Cc1cccc(NC(=O)CN2C(=O)/C(=N/NC(=O)c3cc([N+](=O)O)ccc3Cl)c3ccccc32)c1. The van der Waals surface area contributed by atoms with Crippen LogP contribution in [0.3, 0.4) is 0 Å². The van der Waals surface area contributed by atoms with Crippen LogP contribution >= 0.6 is 11.6 Å². The Morgan fingerprint density at radius 2 is 1.86 bits per heavy atom. The molecule has 10 nitrogen and oxygen atoms in total. The first-order valence-corrected chi connectivity index (χ1v) is 10.7. The summed E-state index contributed by atoms with van der Waals surface area (Å²) >= 11 is 6.03. The second-order valence-corrected chi connectivity index (χ2v) is 8.07. The molecule has 1 aliphatic rings. The van der Waals surface area contributed by atoms with Gasteiger partial charge in [-0.15, -0.1) is 0 Å². The summed E-state index contributed by atoms with van der Waals surface area (Å²) in [5, 5.41) is 15.8. The Hall–Kier alpha value is -4.57. The minimum atomic E-state index is -0.799. The van der Waals surface area contributed by atoms with Crippen molar-refractivity contribution in [3.8, 4) is 0 Å². The van der Waals surface area contributed by atoms with Crippen molar-refractivity contribution in [2.24, 2.45) is 5.10 Å². The molecule has 35 heavy (non-hydrogen) atoms. The number of hydrogen-bond donors (Lipinski definition) is 3. The zero-order valence-electron chi connectivity index (χ0n) is 18.4. The van der Waals surface area contributed by atoms with Crippen molar-refractivity contribution in [1.82, 2.24) is 5.43 Å². The van der Waals surface area contributed by atoms with Gasteiger partial charge in [0.2, 0.25) is 5.91 Å². The highest BCUT2D eigenvalue weighted by Gasteiger charge is 2.35. The van der Waals surface area contributed by atoms with E-state index in [-0.39, 0.29) is 28.5 Å². The molecule has 1 heterocycles. The number of anilines is 2. The fourth-order valence-corrected chi connectivity index (χ4v) is 3.77. The number of amides is 3. The van der Waals surface area contributed by atoms with Crippen molar-refractivity contribution < 1.29 is 24.5 Å². The number of para-hydroxylation sites is 1. The van der Waals surface area contributed by atoms with E-state index in [4.69, 9.17) is 16.8 Å². The van der Waals surface area contributed by atoms with Crippen LogP contribution in [0.25, 0.3) is 0 Å². The first-order chi connectivity index (χ1) is 16.7. The van der Waals surface area contributed by atoms with E-state index in [2.05, 4.69) is 15.8 Å². The average molecular weight is 493 g/mol. The fraction of sp³-hybridized carbons (Fsp3) is 0.0833. The molecular weight excluding hydrogens is 474 g/mol. The lowest BCUT2D eigenvalue weighted by atomic mass is 10.1. The monoisotopic (exact) mass is 492 g/mol. The molecule has 0 aliphatic carbocycles. The highest BCUT2D eigenvalue weighted by Crippen LogP contribution is 2.29. The fourth-order valence-electron chi connectivity index (χ4n) is 3.57. The van der Waals surface area contributed by atoms with Gasteiger partial charge in [0.15, 0.2) is 5.71 Å². The molecule has 0 spiro atoms. The Kier molecular flexibility index (Phi) is 6.56. The van der Waals surface area contributed by atoms with E-state index < -0.39 is 22.6 Å². The second kappa shape index (κ2) is 9.74. The average Bonchev–Trinajstić information content (AvgIpc) is 3.08. The standard InChI is InChI=1S/C24H18ClN5O5/c1-14-5-4-6-15(11-14)26-21(31)13-29-20-8-3-2-7-17(20)22(24(29)33)27-28-23(32)18-12-16(30(34)35)9-10-19(18)25/h2-12H,13H2,1H3,(H2-,26,28,31,32,33,34,35)/p+1. The van der Waals surface area contributed by atoms with Gasteiger partial charge in [0.05, 0.1) is 21.2 Å². The maximum Gasteiger partial charge on any atom is 0.317 e. The largest absolute Gasteiger partial charge is 0.325 e. The Morgan fingerprint density at radius 1 is 1.09 bits per heavy atom. The van der Waals surface area contributed by atoms with Gasteiger partial charge in [0.1, 0.15) is 6.54 Å². The number of rotatable bonds is 6. The van der Waals surface area contributed by atoms with E-state index in [9.17, 15) is 19.3 Å². The number of hydrazone groups is 1. The summed E-state index contributed by atoms with van der Waals surface area (Å²) in [6.45, 7) is 1.64. The number of nitrogens with zero attached hydrogens (tertiary/aromatic N) is 3. The smallest absolute Gasteiger partial charge is 0.317 e. The van der Waals surface area contributed by atoms with Crippen molar-refractivity contribution in [1.29, 1.82) is 0 Å². The normalized spacial score (nSPS) is 13.5. The van der Waals surface area contributed by atoms with Crippen molar-refractivity contribution >= 4 is 52.1 Å². The molecule has 0 saturated heterocycles. The van der Waals surface area contributed by atoms with Gasteiger partial charge < -0.3 is 5.32 Å². The van der Waals surface area contributed by atoms with Gasteiger partial charge in [0, 0.05) is 23.4 Å². The summed E-state index contributed by atoms with van der Waals surface area (Å²) in [6.07, 6.45) is 0. The molecule has 1 aliphatic heterocycles. The minimum Gasteiger partial charge on any atom is -0.325 e. The number of fused-ring (bicyclic) bond motifs is 1. The Bertz CT molecular complexity index is 1400. The van der Waals surface area contributed by atoms with E-state index in [0.717, 1.165) is 11.6 Å². The highest BCUT2D eigenvalue weighted by molar-refractivity contribution is 6.54. The molecule has 3 amide bonds. The Labute approximate surface area is 204 Å². The molecule has 3 aromatic rings. The van der Waals surface area contributed by atoms with Crippen molar-refractivity contribution in [2.75, 3.05) is 16.8 Å². The zero-order valence-corrected chi connectivity index (χ0v) is 19.1. The molecule has 0 unspecified atom stereocenters. The predicted octanol–water partition coefficient (Wildman–Crippen LogP) is 3.57. The first-order valence-electron chi connectivity index (χ1n) is 10.4. The van der Waals surface area contributed by atoms with Crippen molar-refractivity contribution in [3.05, 3.63) is 93.4 Å². The van der Waals surface area contributed by atoms with E-state index in [1.54, 1.807) is 30.3 Å². The number of halogens is 1. The van der Waals surface area contributed by atoms with Crippen LogP contribution in [0.15, 0.2) is 71.8 Å². The molecule has 0 bridgehead atoms. The van der Waals surface area contributed by atoms with Gasteiger partial charge >= 0.3 is 5.69 Å². The summed E-state index contributed by atoms with van der Waals surface area (Å²) in [5.74, 6) is -1.78. The van der Waals surface area contributed by atoms with Crippen LogP contribution in [0, 0.1) is 11.8 Å². The third-order valence-electron chi connectivity index (χ3n) is 5.19.